The molecule has 6 heteroatoms. The lowest BCUT2D eigenvalue weighted by Gasteiger charge is -2.15. The molecule has 0 saturated heterocycles. The summed E-state index contributed by atoms with van der Waals surface area (Å²) in [6.07, 6.45) is 0.757. The smallest absolute Gasteiger partial charge is 0.241 e. The fourth-order valence-electron chi connectivity index (χ4n) is 1.79. The van der Waals surface area contributed by atoms with Gasteiger partial charge in [0.05, 0.1) is 4.90 Å². The van der Waals surface area contributed by atoms with Crippen molar-refractivity contribution in [3.8, 4) is 0 Å². The molecular formula is C14H23BrN2O2S. The minimum Gasteiger partial charge on any atom is -0.313 e. The van der Waals surface area contributed by atoms with Crippen molar-refractivity contribution in [2.24, 2.45) is 0 Å². The fourth-order valence-corrected chi connectivity index (χ4v) is 4.18. The van der Waals surface area contributed by atoms with E-state index in [1.54, 1.807) is 6.07 Å². The zero-order valence-electron chi connectivity index (χ0n) is 12.5. The van der Waals surface area contributed by atoms with Crippen molar-refractivity contribution in [2.45, 2.75) is 51.6 Å². The van der Waals surface area contributed by atoms with E-state index in [1.807, 2.05) is 33.8 Å². The van der Waals surface area contributed by atoms with Gasteiger partial charge >= 0.3 is 0 Å². The van der Waals surface area contributed by atoms with Crippen LogP contribution in [0, 0.1) is 6.92 Å². The summed E-state index contributed by atoms with van der Waals surface area (Å²) in [4.78, 5) is 0.311. The highest BCUT2D eigenvalue weighted by Crippen LogP contribution is 2.27. The maximum atomic E-state index is 12.4. The predicted octanol–water partition coefficient (Wildman–Crippen LogP) is 2.94. The van der Waals surface area contributed by atoms with Gasteiger partial charge in [0.2, 0.25) is 10.0 Å². The summed E-state index contributed by atoms with van der Waals surface area (Å²) in [5, 5.41) is 3.21. The van der Waals surface area contributed by atoms with Crippen molar-refractivity contribution >= 4 is 26.0 Å². The van der Waals surface area contributed by atoms with Crippen LogP contribution in [-0.2, 0) is 16.6 Å². The molecule has 20 heavy (non-hydrogen) atoms. The van der Waals surface area contributed by atoms with Crippen LogP contribution >= 0.6 is 15.9 Å². The molecule has 0 fully saturated rings. The van der Waals surface area contributed by atoms with Gasteiger partial charge in [-0.25, -0.2) is 13.1 Å². The number of benzene rings is 1. The first-order valence-electron chi connectivity index (χ1n) is 6.83. The predicted molar refractivity (Wildman–Crippen MR) is 86.3 cm³/mol. The molecule has 0 saturated carbocycles. The Hall–Kier alpha value is -0.430. The van der Waals surface area contributed by atoms with E-state index in [2.05, 4.69) is 26.0 Å². The minimum atomic E-state index is -3.50. The molecule has 0 amide bonds. The third-order valence-corrected chi connectivity index (χ3v) is 6.05. The number of hydrogen-bond donors (Lipinski definition) is 2. The number of hydrogen-bond acceptors (Lipinski definition) is 3. The van der Waals surface area contributed by atoms with Crippen LogP contribution in [0.4, 0.5) is 0 Å². The summed E-state index contributed by atoms with van der Waals surface area (Å²) in [6, 6.07) is 3.64. The molecule has 0 heterocycles. The van der Waals surface area contributed by atoms with Crippen LogP contribution in [-0.4, -0.2) is 21.0 Å². The Morgan fingerprint density at radius 3 is 2.50 bits per heavy atom. The van der Waals surface area contributed by atoms with Crippen LogP contribution in [0.15, 0.2) is 21.5 Å². The van der Waals surface area contributed by atoms with E-state index in [1.165, 1.54) is 0 Å². The van der Waals surface area contributed by atoms with Crippen LogP contribution in [0.25, 0.3) is 0 Å². The summed E-state index contributed by atoms with van der Waals surface area (Å²) in [6.45, 7) is 9.25. The molecule has 0 bridgehead atoms. The van der Waals surface area contributed by atoms with Crippen LogP contribution in [0.3, 0.4) is 0 Å². The monoisotopic (exact) mass is 362 g/mol. The molecule has 0 aliphatic carbocycles. The van der Waals surface area contributed by atoms with Crippen molar-refractivity contribution in [3.63, 3.8) is 0 Å². The van der Waals surface area contributed by atoms with Gasteiger partial charge < -0.3 is 5.32 Å². The van der Waals surface area contributed by atoms with E-state index in [-0.39, 0.29) is 6.04 Å². The molecule has 2 N–H and O–H groups in total. The van der Waals surface area contributed by atoms with E-state index in [0.29, 0.717) is 15.9 Å². The SMILES string of the molecule is CCNCc1cc(C)c(Br)c(S(=O)(=O)NC(C)CC)c1. The molecule has 0 aliphatic rings. The lowest BCUT2D eigenvalue weighted by Crippen LogP contribution is -2.32. The summed E-state index contributed by atoms with van der Waals surface area (Å²) < 4.78 is 28.2. The highest BCUT2D eigenvalue weighted by molar-refractivity contribution is 9.10. The Morgan fingerprint density at radius 1 is 1.30 bits per heavy atom. The molecular weight excluding hydrogens is 340 g/mol. The highest BCUT2D eigenvalue weighted by atomic mass is 79.9. The van der Waals surface area contributed by atoms with E-state index >= 15 is 0 Å². The highest BCUT2D eigenvalue weighted by Gasteiger charge is 2.21. The number of halogens is 1. The Labute approximate surface area is 130 Å². The van der Waals surface area contributed by atoms with Gasteiger partial charge in [0.25, 0.3) is 0 Å². The summed E-state index contributed by atoms with van der Waals surface area (Å²) >= 11 is 3.39. The summed E-state index contributed by atoms with van der Waals surface area (Å²) in [5.41, 5.74) is 1.89. The van der Waals surface area contributed by atoms with Gasteiger partial charge in [0.1, 0.15) is 0 Å². The van der Waals surface area contributed by atoms with Gasteiger partial charge in [0.15, 0.2) is 0 Å². The summed E-state index contributed by atoms with van der Waals surface area (Å²) in [5.74, 6) is 0. The van der Waals surface area contributed by atoms with E-state index < -0.39 is 10.0 Å². The third-order valence-electron chi connectivity index (χ3n) is 3.12. The molecule has 1 aromatic carbocycles. The van der Waals surface area contributed by atoms with Crippen molar-refractivity contribution < 1.29 is 8.42 Å². The molecule has 0 spiro atoms. The van der Waals surface area contributed by atoms with E-state index in [9.17, 15) is 8.42 Å². The first kappa shape index (κ1) is 17.6. The van der Waals surface area contributed by atoms with E-state index in [0.717, 1.165) is 24.1 Å². The normalized spacial score (nSPS) is 13.4. The third kappa shape index (κ3) is 4.55. The zero-order chi connectivity index (χ0) is 15.3. The van der Waals surface area contributed by atoms with Gasteiger partial charge in [-0.1, -0.05) is 19.9 Å². The van der Waals surface area contributed by atoms with Crippen molar-refractivity contribution in [2.75, 3.05) is 6.54 Å². The molecule has 114 valence electrons. The Bertz CT molecular complexity index is 559. The maximum Gasteiger partial charge on any atom is 0.241 e. The first-order valence-corrected chi connectivity index (χ1v) is 9.11. The lowest BCUT2D eigenvalue weighted by atomic mass is 10.1. The molecule has 0 aromatic heterocycles. The molecule has 1 unspecified atom stereocenters. The Kier molecular flexibility index (Phi) is 6.64. The summed E-state index contributed by atoms with van der Waals surface area (Å²) in [7, 11) is -3.50. The first-order chi connectivity index (χ1) is 9.31. The molecule has 4 nitrogen and oxygen atoms in total. The van der Waals surface area contributed by atoms with Crippen LogP contribution in [0.2, 0.25) is 0 Å². The Balaban J connectivity index is 3.18. The van der Waals surface area contributed by atoms with Crippen LogP contribution in [0.5, 0.6) is 0 Å². The van der Waals surface area contributed by atoms with Gasteiger partial charge in [-0.15, -0.1) is 0 Å². The van der Waals surface area contributed by atoms with Gasteiger partial charge in [-0.3, -0.25) is 0 Å². The quantitative estimate of drug-likeness (QED) is 0.783. The topological polar surface area (TPSA) is 58.2 Å². The zero-order valence-corrected chi connectivity index (χ0v) is 14.9. The Morgan fingerprint density at radius 2 is 1.95 bits per heavy atom. The second-order valence-corrected chi connectivity index (χ2v) is 7.41. The molecule has 1 atom stereocenters. The number of rotatable bonds is 7. The number of nitrogens with one attached hydrogen (secondary N) is 2. The number of sulfonamides is 1. The number of aryl methyl sites for hydroxylation is 1. The second kappa shape index (κ2) is 7.54. The van der Waals surface area contributed by atoms with Gasteiger partial charge in [-0.2, -0.15) is 0 Å². The standard InChI is InChI=1S/C14H23BrN2O2S/c1-5-11(4)17-20(18,19)13-8-12(9-16-6-2)7-10(3)14(13)15/h7-8,11,16-17H,5-6,9H2,1-4H3. The van der Waals surface area contributed by atoms with Crippen molar-refractivity contribution in [1.82, 2.24) is 10.0 Å². The molecule has 1 rings (SSSR count). The van der Waals surface area contributed by atoms with E-state index in [4.69, 9.17) is 0 Å². The van der Waals surface area contributed by atoms with Crippen LogP contribution in [0.1, 0.15) is 38.3 Å². The molecule has 1 aromatic rings. The largest absolute Gasteiger partial charge is 0.313 e. The lowest BCUT2D eigenvalue weighted by molar-refractivity contribution is 0.555. The van der Waals surface area contributed by atoms with Crippen molar-refractivity contribution in [3.05, 3.63) is 27.7 Å². The molecule has 0 radical (unpaired) electrons. The average molecular weight is 363 g/mol. The van der Waals surface area contributed by atoms with Crippen LogP contribution < -0.4 is 10.0 Å². The average Bonchev–Trinajstić information content (AvgIpc) is 2.39. The maximum absolute atomic E-state index is 12.4. The van der Waals surface area contributed by atoms with Crippen molar-refractivity contribution in [1.29, 1.82) is 0 Å². The fraction of sp³-hybridized carbons (Fsp3) is 0.571. The minimum absolute atomic E-state index is 0.0790. The molecule has 0 aliphatic heterocycles. The second-order valence-electron chi connectivity index (χ2n) is 4.94. The van der Waals surface area contributed by atoms with Gasteiger partial charge in [0, 0.05) is 17.1 Å². The van der Waals surface area contributed by atoms with Gasteiger partial charge in [-0.05, 0) is 59.9 Å².